The molecule has 0 N–H and O–H groups in total. The first-order chi connectivity index (χ1) is 20.7. The van der Waals surface area contributed by atoms with E-state index in [9.17, 15) is 4.79 Å². The van der Waals surface area contributed by atoms with Gasteiger partial charge in [0.1, 0.15) is 36.5 Å². The van der Waals surface area contributed by atoms with E-state index in [1.54, 1.807) is 29.2 Å². The Kier molecular flexibility index (Phi) is 9.45. The molecule has 0 bridgehead atoms. The summed E-state index contributed by atoms with van der Waals surface area (Å²) in [5.74, 6) is 0.637. The van der Waals surface area contributed by atoms with Crippen LogP contribution in [-0.4, -0.2) is 40.8 Å². The SMILES string of the molecule is CC(C)(C)OC(=O)N1CCC(Oc2ccc(-c3ccc(OCc4ccccc4)nc3OCc3ccccc3)c(F)c2)CC1. The van der Waals surface area contributed by atoms with Crippen molar-refractivity contribution < 1.29 is 28.1 Å². The van der Waals surface area contributed by atoms with Gasteiger partial charge in [0.05, 0.1) is 0 Å². The van der Waals surface area contributed by atoms with Crippen molar-refractivity contribution in [2.24, 2.45) is 0 Å². The van der Waals surface area contributed by atoms with E-state index in [0.29, 0.717) is 55.3 Å². The smallest absolute Gasteiger partial charge is 0.410 e. The zero-order chi connectivity index (χ0) is 30.2. The highest BCUT2D eigenvalue weighted by Gasteiger charge is 2.28. The third-order valence-corrected chi connectivity index (χ3v) is 6.91. The summed E-state index contributed by atoms with van der Waals surface area (Å²) >= 11 is 0. The lowest BCUT2D eigenvalue weighted by Gasteiger charge is -2.33. The summed E-state index contributed by atoms with van der Waals surface area (Å²) < 4.78 is 39.2. The minimum absolute atomic E-state index is 0.128. The number of halogens is 1. The number of amides is 1. The van der Waals surface area contributed by atoms with E-state index in [1.165, 1.54) is 6.07 Å². The second-order valence-corrected chi connectivity index (χ2v) is 11.5. The third-order valence-electron chi connectivity index (χ3n) is 6.91. The Labute approximate surface area is 252 Å². The Bertz CT molecular complexity index is 1500. The third kappa shape index (κ3) is 8.47. The molecule has 1 aliphatic heterocycles. The standard InChI is InChI=1S/C35H37FN2O5/c1-35(2,3)43-34(39)38-20-18-27(19-21-38)42-28-14-15-29(31(36)22-28)30-16-17-32(40-23-25-10-6-4-7-11-25)37-33(30)41-24-26-12-8-5-9-13-26/h4-17,22,27H,18-21,23-24H2,1-3H3. The average Bonchev–Trinajstić information content (AvgIpc) is 3.00. The first-order valence-corrected chi connectivity index (χ1v) is 14.5. The fourth-order valence-corrected chi connectivity index (χ4v) is 4.74. The molecule has 0 unspecified atom stereocenters. The number of piperidine rings is 1. The molecule has 2 heterocycles. The topological polar surface area (TPSA) is 70.1 Å². The zero-order valence-electron chi connectivity index (χ0n) is 24.8. The van der Waals surface area contributed by atoms with Gasteiger partial charge in [-0.05, 0) is 50.1 Å². The molecule has 0 radical (unpaired) electrons. The molecule has 1 aliphatic rings. The first-order valence-electron chi connectivity index (χ1n) is 14.5. The second kappa shape index (κ2) is 13.6. The van der Waals surface area contributed by atoms with Crippen molar-refractivity contribution in [2.45, 2.75) is 58.5 Å². The van der Waals surface area contributed by atoms with Gasteiger partial charge in [-0.3, -0.25) is 0 Å². The average molecular weight is 585 g/mol. The quantitative estimate of drug-likeness (QED) is 0.200. The van der Waals surface area contributed by atoms with Crippen LogP contribution in [0.3, 0.4) is 0 Å². The summed E-state index contributed by atoms with van der Waals surface area (Å²) in [7, 11) is 0. The van der Waals surface area contributed by atoms with Crippen LogP contribution < -0.4 is 14.2 Å². The molecule has 0 spiro atoms. The normalized spacial score (nSPS) is 13.8. The molecule has 1 amide bonds. The van der Waals surface area contributed by atoms with Crippen molar-refractivity contribution in [3.63, 3.8) is 0 Å². The summed E-state index contributed by atoms with van der Waals surface area (Å²) in [4.78, 5) is 18.6. The molecule has 1 aromatic heterocycles. The summed E-state index contributed by atoms with van der Waals surface area (Å²) in [6, 6.07) is 27.8. The molecule has 0 saturated carbocycles. The van der Waals surface area contributed by atoms with Crippen LogP contribution in [0.5, 0.6) is 17.5 Å². The molecule has 0 aliphatic carbocycles. The number of rotatable bonds is 9. The molecule has 1 saturated heterocycles. The van der Waals surface area contributed by atoms with Gasteiger partial charge in [-0.1, -0.05) is 60.7 Å². The number of ether oxygens (including phenoxy) is 4. The Morgan fingerprint density at radius 2 is 1.44 bits per heavy atom. The molecule has 3 aromatic carbocycles. The number of carbonyl (C=O) groups is 1. The molecule has 43 heavy (non-hydrogen) atoms. The van der Waals surface area contributed by atoms with Crippen molar-refractivity contribution in [3.05, 3.63) is 108 Å². The fourth-order valence-electron chi connectivity index (χ4n) is 4.74. The molecule has 5 rings (SSSR count). The molecule has 0 atom stereocenters. The number of nitrogens with zero attached hydrogens (tertiary/aromatic N) is 2. The van der Waals surface area contributed by atoms with Crippen LogP contribution in [-0.2, 0) is 18.0 Å². The van der Waals surface area contributed by atoms with E-state index in [-0.39, 0.29) is 24.7 Å². The van der Waals surface area contributed by atoms with Gasteiger partial charge in [0.25, 0.3) is 0 Å². The van der Waals surface area contributed by atoms with Gasteiger partial charge in [0.15, 0.2) is 0 Å². The lowest BCUT2D eigenvalue weighted by atomic mass is 10.1. The molecular formula is C35H37FN2O5. The Morgan fingerprint density at radius 1 is 0.837 bits per heavy atom. The highest BCUT2D eigenvalue weighted by Crippen LogP contribution is 2.35. The highest BCUT2D eigenvalue weighted by atomic mass is 19.1. The minimum Gasteiger partial charge on any atom is -0.490 e. The predicted octanol–water partition coefficient (Wildman–Crippen LogP) is 7.82. The number of hydrogen-bond acceptors (Lipinski definition) is 6. The van der Waals surface area contributed by atoms with Crippen LogP contribution in [0.25, 0.3) is 11.1 Å². The molecule has 8 heteroatoms. The van der Waals surface area contributed by atoms with Gasteiger partial charge in [-0.15, -0.1) is 0 Å². The van der Waals surface area contributed by atoms with E-state index in [4.69, 9.17) is 18.9 Å². The van der Waals surface area contributed by atoms with Crippen LogP contribution in [0, 0.1) is 5.82 Å². The molecular weight excluding hydrogens is 547 g/mol. The number of likely N-dealkylation sites (tertiary alicyclic amines) is 1. The van der Waals surface area contributed by atoms with Crippen LogP contribution in [0.4, 0.5) is 9.18 Å². The maximum absolute atomic E-state index is 15.6. The molecule has 1 fully saturated rings. The molecule has 4 aromatic rings. The van der Waals surface area contributed by atoms with E-state index < -0.39 is 11.4 Å². The zero-order valence-corrected chi connectivity index (χ0v) is 24.8. The largest absolute Gasteiger partial charge is 0.490 e. The van der Waals surface area contributed by atoms with Crippen molar-refractivity contribution in [3.8, 4) is 28.6 Å². The van der Waals surface area contributed by atoms with Gasteiger partial charge >= 0.3 is 6.09 Å². The van der Waals surface area contributed by atoms with E-state index in [0.717, 1.165) is 11.1 Å². The van der Waals surface area contributed by atoms with Gasteiger partial charge in [-0.2, -0.15) is 4.98 Å². The number of benzene rings is 3. The molecule has 7 nitrogen and oxygen atoms in total. The Balaban J connectivity index is 1.28. The second-order valence-electron chi connectivity index (χ2n) is 11.5. The Hall–Kier alpha value is -4.59. The van der Waals surface area contributed by atoms with Crippen molar-refractivity contribution in [2.75, 3.05) is 13.1 Å². The van der Waals surface area contributed by atoms with E-state index in [2.05, 4.69) is 4.98 Å². The van der Waals surface area contributed by atoms with Crippen molar-refractivity contribution in [1.29, 1.82) is 0 Å². The maximum atomic E-state index is 15.6. The number of carbonyl (C=O) groups excluding carboxylic acids is 1. The van der Waals surface area contributed by atoms with Crippen LogP contribution in [0.15, 0.2) is 91.0 Å². The Morgan fingerprint density at radius 3 is 2.05 bits per heavy atom. The summed E-state index contributed by atoms with van der Waals surface area (Å²) in [5.41, 5.74) is 2.29. The van der Waals surface area contributed by atoms with Gasteiger partial charge in [0, 0.05) is 49.2 Å². The monoisotopic (exact) mass is 584 g/mol. The number of hydrogen-bond donors (Lipinski definition) is 0. The van der Waals surface area contributed by atoms with E-state index in [1.807, 2.05) is 81.4 Å². The lowest BCUT2D eigenvalue weighted by Crippen LogP contribution is -2.44. The summed E-state index contributed by atoms with van der Waals surface area (Å²) in [6.07, 6.45) is 0.816. The summed E-state index contributed by atoms with van der Waals surface area (Å²) in [6.45, 7) is 7.21. The number of pyridine rings is 1. The lowest BCUT2D eigenvalue weighted by molar-refractivity contribution is 0.0126. The minimum atomic E-state index is -0.540. The maximum Gasteiger partial charge on any atom is 0.410 e. The van der Waals surface area contributed by atoms with Crippen molar-refractivity contribution >= 4 is 6.09 Å². The first kappa shape index (κ1) is 29.9. The van der Waals surface area contributed by atoms with Gasteiger partial charge < -0.3 is 23.8 Å². The van der Waals surface area contributed by atoms with Crippen LogP contribution in [0.2, 0.25) is 0 Å². The van der Waals surface area contributed by atoms with E-state index >= 15 is 4.39 Å². The van der Waals surface area contributed by atoms with Gasteiger partial charge in [0.2, 0.25) is 11.8 Å². The van der Waals surface area contributed by atoms with Gasteiger partial charge in [-0.25, -0.2) is 9.18 Å². The van der Waals surface area contributed by atoms with Crippen LogP contribution >= 0.6 is 0 Å². The predicted molar refractivity (Wildman–Crippen MR) is 163 cm³/mol. The van der Waals surface area contributed by atoms with Crippen LogP contribution in [0.1, 0.15) is 44.7 Å². The fraction of sp³-hybridized carbons (Fsp3) is 0.314. The molecule has 224 valence electrons. The summed E-state index contributed by atoms with van der Waals surface area (Å²) in [5, 5.41) is 0. The number of aromatic nitrogens is 1. The van der Waals surface area contributed by atoms with Crippen molar-refractivity contribution in [1.82, 2.24) is 9.88 Å². The highest BCUT2D eigenvalue weighted by molar-refractivity contribution is 5.70.